The highest BCUT2D eigenvalue weighted by atomic mass is 19.4. The summed E-state index contributed by atoms with van der Waals surface area (Å²) >= 11 is 0. The quantitative estimate of drug-likeness (QED) is 0.709. The van der Waals surface area contributed by atoms with Crippen molar-refractivity contribution in [1.29, 1.82) is 0 Å². The number of carboxylic acids is 1. The molecule has 1 saturated carbocycles. The van der Waals surface area contributed by atoms with Crippen molar-refractivity contribution in [3.8, 4) is 0 Å². The van der Waals surface area contributed by atoms with E-state index in [1.807, 2.05) is 0 Å². The number of fused-ring (bicyclic) bond motifs is 1. The zero-order valence-electron chi connectivity index (χ0n) is 7.54. The van der Waals surface area contributed by atoms with E-state index in [1.54, 1.807) is 0 Å². The van der Waals surface area contributed by atoms with Gasteiger partial charge in [-0.25, -0.2) is 4.79 Å². The van der Waals surface area contributed by atoms with Gasteiger partial charge in [0, 0.05) is 6.54 Å². The maximum absolute atomic E-state index is 12.1. The van der Waals surface area contributed by atoms with E-state index in [9.17, 15) is 22.8 Å². The summed E-state index contributed by atoms with van der Waals surface area (Å²) in [6.45, 7) is -0.0926. The fourth-order valence-electron chi connectivity index (χ4n) is 2.40. The molecule has 3 fully saturated rings. The van der Waals surface area contributed by atoms with Crippen molar-refractivity contribution in [2.24, 2.45) is 5.92 Å². The van der Waals surface area contributed by atoms with Gasteiger partial charge in [-0.15, -0.1) is 0 Å². The molecule has 0 radical (unpaired) electrons. The van der Waals surface area contributed by atoms with Gasteiger partial charge in [-0.2, -0.15) is 13.2 Å². The summed E-state index contributed by atoms with van der Waals surface area (Å²) in [7, 11) is 0. The summed E-state index contributed by atoms with van der Waals surface area (Å²) in [5.74, 6) is -3.47. The van der Waals surface area contributed by atoms with Gasteiger partial charge in [-0.05, 0) is 18.8 Å². The predicted molar refractivity (Wildman–Crippen MR) is 40.9 cm³/mol. The Labute approximate surface area is 82.7 Å². The number of hydrogen-bond donors (Lipinski definition) is 1. The highest BCUT2D eigenvalue weighted by molar-refractivity contribution is 5.91. The zero-order chi connectivity index (χ0) is 11.4. The minimum atomic E-state index is -4.99. The molecule has 4 nitrogen and oxygen atoms in total. The van der Waals surface area contributed by atoms with Crippen LogP contribution >= 0.6 is 0 Å². The SMILES string of the molecule is O=C(N1CC2CC1(C(=O)O)C2)C(F)(F)F. The predicted octanol–water partition coefficient (Wildman–Crippen LogP) is 0.624. The maximum atomic E-state index is 12.1. The van der Waals surface area contributed by atoms with Gasteiger partial charge in [0.2, 0.25) is 0 Å². The first-order valence-corrected chi connectivity index (χ1v) is 4.39. The van der Waals surface area contributed by atoms with E-state index in [0.29, 0.717) is 4.90 Å². The van der Waals surface area contributed by atoms with E-state index in [-0.39, 0.29) is 25.3 Å². The van der Waals surface area contributed by atoms with Crippen LogP contribution in [-0.2, 0) is 9.59 Å². The monoisotopic (exact) mass is 223 g/mol. The Morgan fingerprint density at radius 3 is 2.27 bits per heavy atom. The maximum Gasteiger partial charge on any atom is 0.471 e. The molecule has 1 amide bonds. The smallest absolute Gasteiger partial charge is 0.471 e. The Hall–Kier alpha value is -1.27. The standard InChI is InChI=1S/C8H8F3NO3/c9-8(10,11)5(13)12-3-4-1-7(12,2-4)6(14)15/h4H,1-3H2,(H,14,15). The fourth-order valence-corrected chi connectivity index (χ4v) is 2.40. The lowest BCUT2D eigenvalue weighted by atomic mass is 9.73. The summed E-state index contributed by atoms with van der Waals surface area (Å²) in [6.07, 6.45) is -4.70. The molecule has 3 rings (SSSR count). The highest BCUT2D eigenvalue weighted by Crippen LogP contribution is 2.51. The van der Waals surface area contributed by atoms with Crippen molar-refractivity contribution in [2.75, 3.05) is 6.54 Å². The van der Waals surface area contributed by atoms with E-state index in [1.165, 1.54) is 0 Å². The van der Waals surface area contributed by atoms with Crippen LogP contribution in [-0.4, -0.2) is 40.1 Å². The second-order valence-corrected chi connectivity index (χ2v) is 4.02. The van der Waals surface area contributed by atoms with Gasteiger partial charge < -0.3 is 10.0 Å². The minimum absolute atomic E-state index is 0.0904. The van der Waals surface area contributed by atoms with Crippen molar-refractivity contribution < 1.29 is 27.9 Å². The van der Waals surface area contributed by atoms with Crippen LogP contribution in [0.25, 0.3) is 0 Å². The number of carboxylic acid groups (broad SMARTS) is 1. The summed E-state index contributed by atoms with van der Waals surface area (Å²) in [5, 5.41) is 8.83. The van der Waals surface area contributed by atoms with Crippen LogP contribution in [0, 0.1) is 5.92 Å². The summed E-state index contributed by atoms with van der Waals surface area (Å²) in [5.41, 5.74) is -1.59. The van der Waals surface area contributed by atoms with Gasteiger partial charge >= 0.3 is 18.1 Å². The molecule has 1 N–H and O–H groups in total. The number of halogens is 3. The molecule has 0 aromatic carbocycles. The number of alkyl halides is 3. The molecule has 0 aromatic rings. The molecule has 84 valence electrons. The first kappa shape index (κ1) is 10.3. The normalized spacial score (nSPS) is 33.8. The lowest BCUT2D eigenvalue weighted by Gasteiger charge is -2.37. The molecule has 7 heteroatoms. The third-order valence-corrected chi connectivity index (χ3v) is 3.10. The molecule has 0 unspecified atom stereocenters. The third kappa shape index (κ3) is 1.22. The Balaban J connectivity index is 2.25. The van der Waals surface area contributed by atoms with Crippen LogP contribution in [0.2, 0.25) is 0 Å². The summed E-state index contributed by atoms with van der Waals surface area (Å²) in [4.78, 5) is 22.3. The van der Waals surface area contributed by atoms with Gasteiger partial charge in [0.15, 0.2) is 0 Å². The zero-order valence-corrected chi connectivity index (χ0v) is 7.54. The van der Waals surface area contributed by atoms with Crippen LogP contribution in [0.3, 0.4) is 0 Å². The summed E-state index contributed by atoms with van der Waals surface area (Å²) < 4.78 is 36.4. The molecule has 0 aromatic heterocycles. The largest absolute Gasteiger partial charge is 0.479 e. The number of rotatable bonds is 1. The molecule has 0 atom stereocenters. The Morgan fingerprint density at radius 2 is 1.87 bits per heavy atom. The fraction of sp³-hybridized carbons (Fsp3) is 0.750. The lowest BCUT2D eigenvalue weighted by molar-refractivity contribution is -0.192. The van der Waals surface area contributed by atoms with Crippen LogP contribution in [0.4, 0.5) is 13.2 Å². The van der Waals surface area contributed by atoms with E-state index in [0.717, 1.165) is 0 Å². The van der Waals surface area contributed by atoms with Crippen LogP contribution in [0.5, 0.6) is 0 Å². The molecule has 0 spiro atoms. The van der Waals surface area contributed by atoms with E-state index >= 15 is 0 Å². The molecule has 2 aliphatic heterocycles. The molecule has 1 aliphatic carbocycles. The number of aliphatic carboxylic acids is 1. The molecule has 15 heavy (non-hydrogen) atoms. The Morgan fingerprint density at radius 1 is 1.33 bits per heavy atom. The number of nitrogens with zero attached hydrogens (tertiary/aromatic N) is 1. The second-order valence-electron chi connectivity index (χ2n) is 4.02. The Kier molecular flexibility index (Phi) is 1.81. The van der Waals surface area contributed by atoms with Crippen LogP contribution in [0.1, 0.15) is 12.8 Å². The average Bonchev–Trinajstić information content (AvgIpc) is 2.52. The van der Waals surface area contributed by atoms with Crippen molar-refractivity contribution in [2.45, 2.75) is 24.6 Å². The summed E-state index contributed by atoms with van der Waals surface area (Å²) in [6, 6.07) is 0. The van der Waals surface area contributed by atoms with Gasteiger partial charge in [0.1, 0.15) is 5.54 Å². The molecule has 3 aliphatic rings. The molecular weight excluding hydrogens is 215 g/mol. The van der Waals surface area contributed by atoms with Crippen molar-refractivity contribution in [1.82, 2.24) is 4.90 Å². The molecule has 2 heterocycles. The number of amides is 1. The van der Waals surface area contributed by atoms with Crippen molar-refractivity contribution in [3.05, 3.63) is 0 Å². The van der Waals surface area contributed by atoms with Gasteiger partial charge in [0.25, 0.3) is 0 Å². The van der Waals surface area contributed by atoms with Crippen LogP contribution < -0.4 is 0 Å². The molecule has 2 saturated heterocycles. The second kappa shape index (κ2) is 2.65. The number of carbonyl (C=O) groups is 2. The average molecular weight is 223 g/mol. The van der Waals surface area contributed by atoms with Crippen molar-refractivity contribution in [3.63, 3.8) is 0 Å². The lowest BCUT2D eigenvalue weighted by Crippen LogP contribution is -2.57. The Bertz CT molecular complexity index is 333. The van der Waals surface area contributed by atoms with Gasteiger partial charge in [-0.1, -0.05) is 0 Å². The number of carbonyl (C=O) groups excluding carboxylic acids is 1. The third-order valence-electron chi connectivity index (χ3n) is 3.10. The highest BCUT2D eigenvalue weighted by Gasteiger charge is 2.65. The first-order valence-electron chi connectivity index (χ1n) is 4.39. The van der Waals surface area contributed by atoms with Gasteiger partial charge in [-0.3, -0.25) is 4.79 Å². The van der Waals surface area contributed by atoms with Crippen LogP contribution in [0.15, 0.2) is 0 Å². The first-order chi connectivity index (χ1) is 6.77. The minimum Gasteiger partial charge on any atom is -0.479 e. The topological polar surface area (TPSA) is 57.6 Å². The van der Waals surface area contributed by atoms with E-state index < -0.39 is 23.6 Å². The van der Waals surface area contributed by atoms with E-state index in [4.69, 9.17) is 5.11 Å². The number of hydrogen-bond acceptors (Lipinski definition) is 2. The van der Waals surface area contributed by atoms with Gasteiger partial charge in [0.05, 0.1) is 0 Å². The van der Waals surface area contributed by atoms with Crippen molar-refractivity contribution >= 4 is 11.9 Å². The van der Waals surface area contributed by atoms with E-state index in [2.05, 4.69) is 0 Å². The molecule has 2 bridgehead atoms. The molecular formula is C8H8F3NO3.